The number of hydrogen-bond donors (Lipinski definition) is 0. The Morgan fingerprint density at radius 3 is 2.11 bits per heavy atom. The summed E-state index contributed by atoms with van der Waals surface area (Å²) in [6, 6.07) is 6.53. The summed E-state index contributed by atoms with van der Waals surface area (Å²) in [5.74, 6) is 0.818. The van der Waals surface area contributed by atoms with Crippen LogP contribution in [-0.2, 0) is 9.84 Å². The lowest BCUT2D eigenvalue weighted by Gasteiger charge is -2.17. The van der Waals surface area contributed by atoms with Crippen molar-refractivity contribution in [2.24, 2.45) is 0 Å². The lowest BCUT2D eigenvalue weighted by Crippen LogP contribution is -2.29. The molecule has 0 radical (unpaired) electrons. The highest BCUT2D eigenvalue weighted by molar-refractivity contribution is 7.91. The molecule has 0 bridgehead atoms. The minimum atomic E-state index is -3.20. The summed E-state index contributed by atoms with van der Waals surface area (Å²) >= 11 is 0. The Hall–Kier alpha value is -1.07. The smallest absolute Gasteiger partial charge is 0.179 e. The summed E-state index contributed by atoms with van der Waals surface area (Å²) in [6.07, 6.45) is 0. The van der Waals surface area contributed by atoms with Crippen molar-refractivity contribution in [1.29, 1.82) is 0 Å². The zero-order chi connectivity index (χ0) is 13.6. The number of hydrogen-bond acceptors (Lipinski definition) is 4. The molecule has 0 aliphatic rings. The first-order chi connectivity index (χ1) is 8.53. The van der Waals surface area contributed by atoms with Gasteiger partial charge >= 0.3 is 0 Å². The highest BCUT2D eigenvalue weighted by Gasteiger charge is 2.15. The lowest BCUT2D eigenvalue weighted by atomic mass is 10.3. The Balaban J connectivity index is 2.73. The first-order valence-corrected chi connectivity index (χ1v) is 7.78. The van der Waals surface area contributed by atoms with Gasteiger partial charge in [0.1, 0.15) is 5.75 Å². The minimum Gasteiger partial charge on any atom is -0.497 e. The summed E-state index contributed by atoms with van der Waals surface area (Å²) < 4.78 is 29.2. The van der Waals surface area contributed by atoms with Crippen molar-refractivity contribution in [2.75, 3.05) is 32.5 Å². The summed E-state index contributed by atoms with van der Waals surface area (Å²) in [7, 11) is -1.64. The standard InChI is InChI=1S/C13H21NO3S/c1-4-14(5-2)10-11-18(15,16)13-8-6-12(17-3)7-9-13/h6-9H,4-5,10-11H2,1-3H3. The molecule has 0 saturated carbocycles. The Bertz CT molecular complexity index is 450. The molecule has 1 aromatic carbocycles. The van der Waals surface area contributed by atoms with Crippen LogP contribution < -0.4 is 4.74 Å². The first kappa shape index (κ1) is 15.0. The second-order valence-corrected chi connectivity index (χ2v) is 6.13. The SMILES string of the molecule is CCN(CC)CCS(=O)(=O)c1ccc(OC)cc1. The average molecular weight is 271 g/mol. The van der Waals surface area contributed by atoms with E-state index in [4.69, 9.17) is 4.74 Å². The van der Waals surface area contributed by atoms with E-state index < -0.39 is 9.84 Å². The second kappa shape index (κ2) is 6.75. The van der Waals surface area contributed by atoms with Crippen LogP contribution in [0.25, 0.3) is 0 Å². The van der Waals surface area contributed by atoms with Crippen molar-refractivity contribution >= 4 is 9.84 Å². The maximum absolute atomic E-state index is 12.1. The second-order valence-electron chi connectivity index (χ2n) is 4.02. The number of sulfone groups is 1. The number of ether oxygens (including phenoxy) is 1. The normalized spacial score (nSPS) is 11.8. The Kier molecular flexibility index (Phi) is 5.62. The molecule has 0 aliphatic heterocycles. The third kappa shape index (κ3) is 3.99. The van der Waals surface area contributed by atoms with E-state index in [1.54, 1.807) is 31.4 Å². The van der Waals surface area contributed by atoms with Crippen LogP contribution in [0.3, 0.4) is 0 Å². The van der Waals surface area contributed by atoms with Gasteiger partial charge in [-0.05, 0) is 37.4 Å². The molecule has 102 valence electrons. The average Bonchev–Trinajstić information content (AvgIpc) is 2.40. The lowest BCUT2D eigenvalue weighted by molar-refractivity contribution is 0.321. The van der Waals surface area contributed by atoms with Gasteiger partial charge in [0.05, 0.1) is 17.8 Å². The Labute approximate surface area is 109 Å². The van der Waals surface area contributed by atoms with Gasteiger partial charge in [-0.15, -0.1) is 0 Å². The number of methoxy groups -OCH3 is 1. The zero-order valence-corrected chi connectivity index (χ0v) is 12.0. The molecule has 0 N–H and O–H groups in total. The molecule has 0 unspecified atom stereocenters. The zero-order valence-electron chi connectivity index (χ0n) is 11.2. The maximum Gasteiger partial charge on any atom is 0.179 e. The molecule has 0 spiro atoms. The van der Waals surface area contributed by atoms with Crippen LogP contribution in [0.2, 0.25) is 0 Å². The Morgan fingerprint density at radius 2 is 1.67 bits per heavy atom. The predicted molar refractivity (Wildman–Crippen MR) is 72.8 cm³/mol. The fourth-order valence-corrected chi connectivity index (χ4v) is 2.98. The first-order valence-electron chi connectivity index (χ1n) is 6.12. The highest BCUT2D eigenvalue weighted by atomic mass is 32.2. The van der Waals surface area contributed by atoms with Crippen molar-refractivity contribution in [2.45, 2.75) is 18.7 Å². The van der Waals surface area contributed by atoms with Gasteiger partial charge in [-0.3, -0.25) is 0 Å². The predicted octanol–water partition coefficient (Wildman–Crippen LogP) is 1.81. The van der Waals surface area contributed by atoms with Gasteiger partial charge < -0.3 is 9.64 Å². The molecule has 0 fully saturated rings. The molecule has 1 rings (SSSR count). The van der Waals surface area contributed by atoms with Crippen LogP contribution in [-0.4, -0.2) is 45.8 Å². The number of benzene rings is 1. The summed E-state index contributed by atoms with van der Waals surface area (Å²) in [4.78, 5) is 2.46. The summed E-state index contributed by atoms with van der Waals surface area (Å²) in [5, 5.41) is 0. The minimum absolute atomic E-state index is 0.154. The van der Waals surface area contributed by atoms with Gasteiger partial charge in [0, 0.05) is 6.54 Å². The third-order valence-electron chi connectivity index (χ3n) is 2.99. The molecule has 4 nitrogen and oxygen atoms in total. The van der Waals surface area contributed by atoms with Crippen molar-refractivity contribution in [3.8, 4) is 5.75 Å². The molecule has 0 atom stereocenters. The van der Waals surface area contributed by atoms with Crippen LogP contribution in [0.4, 0.5) is 0 Å². The van der Waals surface area contributed by atoms with E-state index >= 15 is 0 Å². The van der Waals surface area contributed by atoms with Crippen LogP contribution in [0.15, 0.2) is 29.2 Å². The fraction of sp³-hybridized carbons (Fsp3) is 0.538. The highest BCUT2D eigenvalue weighted by Crippen LogP contribution is 2.16. The molecule has 0 aliphatic carbocycles. The van der Waals surface area contributed by atoms with Crippen molar-refractivity contribution in [3.05, 3.63) is 24.3 Å². The maximum atomic E-state index is 12.1. The van der Waals surface area contributed by atoms with Gasteiger partial charge in [-0.2, -0.15) is 0 Å². The number of nitrogens with zero attached hydrogens (tertiary/aromatic N) is 1. The molecular weight excluding hydrogens is 250 g/mol. The van der Waals surface area contributed by atoms with E-state index in [1.807, 2.05) is 13.8 Å². The molecular formula is C13H21NO3S. The van der Waals surface area contributed by atoms with Gasteiger partial charge in [0.25, 0.3) is 0 Å². The van der Waals surface area contributed by atoms with E-state index in [0.717, 1.165) is 13.1 Å². The van der Waals surface area contributed by atoms with Crippen molar-refractivity contribution in [1.82, 2.24) is 4.90 Å². The third-order valence-corrected chi connectivity index (χ3v) is 4.70. The molecule has 5 heteroatoms. The van der Waals surface area contributed by atoms with E-state index in [9.17, 15) is 8.42 Å². The van der Waals surface area contributed by atoms with Gasteiger partial charge in [0.15, 0.2) is 9.84 Å². The van der Waals surface area contributed by atoms with Crippen LogP contribution >= 0.6 is 0 Å². The summed E-state index contributed by atoms with van der Waals surface area (Å²) in [5.41, 5.74) is 0. The molecule has 18 heavy (non-hydrogen) atoms. The largest absolute Gasteiger partial charge is 0.497 e. The molecule has 0 amide bonds. The molecule has 1 aromatic rings. The van der Waals surface area contributed by atoms with Gasteiger partial charge in [-0.25, -0.2) is 8.42 Å². The Morgan fingerprint density at radius 1 is 1.11 bits per heavy atom. The van der Waals surface area contributed by atoms with Crippen LogP contribution in [0.5, 0.6) is 5.75 Å². The van der Waals surface area contributed by atoms with E-state index in [0.29, 0.717) is 17.2 Å². The number of rotatable bonds is 7. The van der Waals surface area contributed by atoms with Gasteiger partial charge in [-0.1, -0.05) is 13.8 Å². The molecule has 0 aromatic heterocycles. The van der Waals surface area contributed by atoms with Crippen molar-refractivity contribution < 1.29 is 13.2 Å². The molecule has 0 saturated heterocycles. The molecule has 0 heterocycles. The topological polar surface area (TPSA) is 46.6 Å². The van der Waals surface area contributed by atoms with E-state index in [-0.39, 0.29) is 5.75 Å². The van der Waals surface area contributed by atoms with Crippen molar-refractivity contribution in [3.63, 3.8) is 0 Å². The monoisotopic (exact) mass is 271 g/mol. The quantitative estimate of drug-likeness (QED) is 0.759. The van der Waals surface area contributed by atoms with Gasteiger partial charge in [0.2, 0.25) is 0 Å². The summed E-state index contributed by atoms with van der Waals surface area (Å²) in [6.45, 7) is 6.37. The fourth-order valence-electron chi connectivity index (χ4n) is 1.69. The van der Waals surface area contributed by atoms with E-state index in [1.165, 1.54) is 0 Å². The van der Waals surface area contributed by atoms with E-state index in [2.05, 4.69) is 4.90 Å². The van der Waals surface area contributed by atoms with Crippen LogP contribution in [0, 0.1) is 0 Å². The van der Waals surface area contributed by atoms with Crippen LogP contribution in [0.1, 0.15) is 13.8 Å².